The van der Waals surface area contributed by atoms with Gasteiger partial charge in [0.25, 0.3) is 0 Å². The average molecular weight is 322 g/mol. The van der Waals surface area contributed by atoms with E-state index in [1.807, 2.05) is 29.5 Å². The zero-order chi connectivity index (χ0) is 14.8. The molecule has 0 radical (unpaired) electrons. The highest BCUT2D eigenvalue weighted by molar-refractivity contribution is 7.12. The van der Waals surface area contributed by atoms with E-state index in [9.17, 15) is 0 Å². The molecule has 1 heterocycles. The van der Waals surface area contributed by atoms with Crippen LogP contribution in [0.15, 0.2) is 24.3 Å². The Morgan fingerprint density at radius 2 is 2.10 bits per heavy atom. The Hall–Kier alpha value is -1.03. The van der Waals surface area contributed by atoms with Gasteiger partial charge >= 0.3 is 0 Å². The standard InChI is InChI=1S/C17H20ClNOS/c1-20-15-7-6-13(18)8-12(15)9-14(19)17-10-11-4-2-3-5-16(11)21-17/h6-8,10,14H,2-5,9,19H2,1H3. The van der Waals surface area contributed by atoms with Gasteiger partial charge in [0.15, 0.2) is 0 Å². The predicted octanol–water partition coefficient (Wildman–Crippen LogP) is 4.53. The molecule has 1 aromatic heterocycles. The third kappa shape index (κ3) is 3.25. The fourth-order valence-electron chi connectivity index (χ4n) is 2.94. The molecule has 0 bridgehead atoms. The second-order valence-corrected chi connectivity index (χ2v) is 7.18. The number of thiophene rings is 1. The lowest BCUT2D eigenvalue weighted by Crippen LogP contribution is -2.12. The second kappa shape index (κ2) is 6.39. The maximum absolute atomic E-state index is 6.42. The predicted molar refractivity (Wildman–Crippen MR) is 89.6 cm³/mol. The molecule has 1 unspecified atom stereocenters. The minimum atomic E-state index is 0.00738. The normalized spacial score (nSPS) is 15.6. The van der Waals surface area contributed by atoms with Crippen LogP contribution in [0.3, 0.4) is 0 Å². The molecule has 3 rings (SSSR count). The minimum absolute atomic E-state index is 0.00738. The molecule has 0 saturated heterocycles. The van der Waals surface area contributed by atoms with Crippen molar-refractivity contribution in [2.45, 2.75) is 38.1 Å². The Morgan fingerprint density at radius 3 is 2.86 bits per heavy atom. The molecule has 2 N–H and O–H groups in total. The number of ether oxygens (including phenoxy) is 1. The van der Waals surface area contributed by atoms with Crippen molar-refractivity contribution in [3.05, 3.63) is 50.2 Å². The van der Waals surface area contributed by atoms with Gasteiger partial charge < -0.3 is 10.5 Å². The summed E-state index contributed by atoms with van der Waals surface area (Å²) < 4.78 is 5.41. The van der Waals surface area contributed by atoms with Crippen molar-refractivity contribution in [1.29, 1.82) is 0 Å². The lowest BCUT2D eigenvalue weighted by Gasteiger charge is -2.13. The molecule has 112 valence electrons. The van der Waals surface area contributed by atoms with Crippen LogP contribution in [0.2, 0.25) is 5.02 Å². The molecule has 0 saturated carbocycles. The maximum Gasteiger partial charge on any atom is 0.122 e. The number of methoxy groups -OCH3 is 1. The van der Waals surface area contributed by atoms with Crippen LogP contribution in [-0.2, 0) is 19.3 Å². The maximum atomic E-state index is 6.42. The monoisotopic (exact) mass is 321 g/mol. The molecular formula is C17H20ClNOS. The van der Waals surface area contributed by atoms with E-state index in [0.717, 1.165) is 22.8 Å². The molecule has 1 atom stereocenters. The summed E-state index contributed by atoms with van der Waals surface area (Å²) >= 11 is 7.97. The van der Waals surface area contributed by atoms with Crippen molar-refractivity contribution in [3.8, 4) is 5.75 Å². The second-order valence-electron chi connectivity index (χ2n) is 5.57. The summed E-state index contributed by atoms with van der Waals surface area (Å²) in [6, 6.07) is 8.02. The van der Waals surface area contributed by atoms with Gasteiger partial charge in [-0.05, 0) is 67.5 Å². The van der Waals surface area contributed by atoms with Crippen molar-refractivity contribution in [1.82, 2.24) is 0 Å². The first-order valence-corrected chi connectivity index (χ1v) is 8.56. The number of rotatable bonds is 4. The number of nitrogens with two attached hydrogens (primary N) is 1. The smallest absolute Gasteiger partial charge is 0.122 e. The van der Waals surface area contributed by atoms with Crippen LogP contribution in [0.4, 0.5) is 0 Å². The average Bonchev–Trinajstić information content (AvgIpc) is 2.91. The topological polar surface area (TPSA) is 35.2 Å². The highest BCUT2D eigenvalue weighted by Gasteiger charge is 2.18. The van der Waals surface area contributed by atoms with Crippen molar-refractivity contribution in [2.24, 2.45) is 5.73 Å². The van der Waals surface area contributed by atoms with Gasteiger partial charge in [-0.25, -0.2) is 0 Å². The lowest BCUT2D eigenvalue weighted by molar-refractivity contribution is 0.408. The fourth-order valence-corrected chi connectivity index (χ4v) is 4.39. The molecule has 4 heteroatoms. The molecule has 1 aliphatic rings. The summed E-state index contributed by atoms with van der Waals surface area (Å²) in [7, 11) is 1.68. The highest BCUT2D eigenvalue weighted by Crippen LogP contribution is 2.34. The van der Waals surface area contributed by atoms with E-state index in [0.29, 0.717) is 0 Å². The number of hydrogen-bond donors (Lipinski definition) is 1. The number of halogens is 1. The van der Waals surface area contributed by atoms with Gasteiger partial charge in [0.2, 0.25) is 0 Å². The minimum Gasteiger partial charge on any atom is -0.496 e. The molecule has 1 aliphatic carbocycles. The fraction of sp³-hybridized carbons (Fsp3) is 0.412. The van der Waals surface area contributed by atoms with Gasteiger partial charge in [0.05, 0.1) is 7.11 Å². The number of fused-ring (bicyclic) bond motifs is 1. The Kier molecular flexibility index (Phi) is 4.53. The van der Waals surface area contributed by atoms with Crippen LogP contribution in [0, 0.1) is 0 Å². The van der Waals surface area contributed by atoms with Crippen LogP contribution in [0.25, 0.3) is 0 Å². The number of benzene rings is 1. The lowest BCUT2D eigenvalue weighted by atomic mass is 9.98. The number of hydrogen-bond acceptors (Lipinski definition) is 3. The Morgan fingerprint density at radius 1 is 1.29 bits per heavy atom. The van der Waals surface area contributed by atoms with E-state index in [1.54, 1.807) is 7.11 Å². The molecule has 0 aliphatic heterocycles. The molecule has 0 fully saturated rings. The third-order valence-electron chi connectivity index (χ3n) is 4.06. The van der Waals surface area contributed by atoms with Gasteiger partial charge in [0.1, 0.15) is 5.75 Å². The van der Waals surface area contributed by atoms with Crippen LogP contribution >= 0.6 is 22.9 Å². The summed E-state index contributed by atoms with van der Waals surface area (Å²) in [5.41, 5.74) is 9.01. The zero-order valence-electron chi connectivity index (χ0n) is 12.2. The van der Waals surface area contributed by atoms with Gasteiger partial charge in [-0.1, -0.05) is 11.6 Å². The van der Waals surface area contributed by atoms with E-state index in [1.165, 1.54) is 41.0 Å². The molecular weight excluding hydrogens is 302 g/mol. The van der Waals surface area contributed by atoms with Crippen LogP contribution in [0.1, 0.15) is 39.8 Å². The van der Waals surface area contributed by atoms with Crippen molar-refractivity contribution < 1.29 is 4.74 Å². The summed E-state index contributed by atoms with van der Waals surface area (Å²) in [5.74, 6) is 0.858. The van der Waals surface area contributed by atoms with Gasteiger partial charge in [-0.15, -0.1) is 11.3 Å². The Bertz CT molecular complexity index is 614. The van der Waals surface area contributed by atoms with Crippen LogP contribution in [0.5, 0.6) is 5.75 Å². The Balaban J connectivity index is 1.81. The van der Waals surface area contributed by atoms with Crippen molar-refractivity contribution in [3.63, 3.8) is 0 Å². The molecule has 2 aromatic rings. The van der Waals surface area contributed by atoms with Crippen molar-refractivity contribution in [2.75, 3.05) is 7.11 Å². The van der Waals surface area contributed by atoms with Crippen molar-refractivity contribution >= 4 is 22.9 Å². The molecule has 0 spiro atoms. The quantitative estimate of drug-likeness (QED) is 0.897. The third-order valence-corrected chi connectivity index (χ3v) is 5.67. The SMILES string of the molecule is COc1ccc(Cl)cc1CC(N)c1cc2c(s1)CCCC2. The van der Waals surface area contributed by atoms with Gasteiger partial charge in [0, 0.05) is 20.8 Å². The van der Waals surface area contributed by atoms with E-state index >= 15 is 0 Å². The van der Waals surface area contributed by atoms with E-state index < -0.39 is 0 Å². The first kappa shape index (κ1) is 14.9. The number of aryl methyl sites for hydroxylation is 2. The highest BCUT2D eigenvalue weighted by atomic mass is 35.5. The summed E-state index contributed by atoms with van der Waals surface area (Å²) in [4.78, 5) is 2.81. The van der Waals surface area contributed by atoms with E-state index in [-0.39, 0.29) is 6.04 Å². The Labute approximate surface area is 134 Å². The van der Waals surface area contributed by atoms with E-state index in [2.05, 4.69) is 6.07 Å². The largest absolute Gasteiger partial charge is 0.496 e. The molecule has 2 nitrogen and oxygen atoms in total. The molecule has 21 heavy (non-hydrogen) atoms. The summed E-state index contributed by atoms with van der Waals surface area (Å²) in [5, 5.41) is 0.725. The van der Waals surface area contributed by atoms with E-state index in [4.69, 9.17) is 22.1 Å². The summed E-state index contributed by atoms with van der Waals surface area (Å²) in [6.45, 7) is 0. The van der Waals surface area contributed by atoms with Crippen LogP contribution in [-0.4, -0.2) is 7.11 Å². The van der Waals surface area contributed by atoms with Crippen LogP contribution < -0.4 is 10.5 Å². The first-order chi connectivity index (χ1) is 10.2. The first-order valence-electron chi connectivity index (χ1n) is 7.37. The van der Waals surface area contributed by atoms with Gasteiger partial charge in [-0.3, -0.25) is 0 Å². The zero-order valence-corrected chi connectivity index (χ0v) is 13.8. The molecule has 1 aromatic carbocycles. The summed E-state index contributed by atoms with van der Waals surface area (Å²) in [6.07, 6.45) is 5.79. The molecule has 0 amide bonds. The van der Waals surface area contributed by atoms with Gasteiger partial charge in [-0.2, -0.15) is 0 Å².